The molecule has 0 radical (unpaired) electrons. The van der Waals surface area contributed by atoms with Crippen LogP contribution < -0.4 is 26.0 Å². The predicted octanol–water partition coefficient (Wildman–Crippen LogP) is 4.97. The summed E-state index contributed by atoms with van der Waals surface area (Å²) in [4.78, 5) is 64.1. The first-order valence-corrected chi connectivity index (χ1v) is 21.0. The lowest BCUT2D eigenvalue weighted by atomic mass is 9.97. The number of nitrogen functional groups attached to an aromatic ring is 1. The minimum absolute atomic E-state index is 0.145. The van der Waals surface area contributed by atoms with Crippen LogP contribution >= 0.6 is 0 Å². The van der Waals surface area contributed by atoms with Crippen LogP contribution in [0.25, 0.3) is 0 Å². The summed E-state index contributed by atoms with van der Waals surface area (Å²) in [5.41, 5.74) is 9.28. The second-order valence-electron chi connectivity index (χ2n) is 16.0. The van der Waals surface area contributed by atoms with Crippen molar-refractivity contribution in [2.45, 2.75) is 50.6 Å². The molecule has 15 nitrogen and oxygen atoms in total. The number of likely N-dealkylation sites (tertiary alicyclic amines) is 2. The molecule has 1 unspecified atom stereocenters. The SMILES string of the molecule is CN1CC(CN2CCC(Nc3ncnc(N)c3C(=N)c3ccc(Oc4ccccc4)cc3)CC2)C1.CNC(=O)CCC(C=O)N(C)C(=O)c1cc(N2CCCC2)ccc1C=O. The summed E-state index contributed by atoms with van der Waals surface area (Å²) in [5, 5.41) is 14.9. The third kappa shape index (κ3) is 11.8. The van der Waals surface area contributed by atoms with Gasteiger partial charge in [-0.15, -0.1) is 0 Å². The molecule has 0 bridgehead atoms. The number of hydrogen-bond acceptors (Lipinski definition) is 13. The Balaban J connectivity index is 0.000000214. The largest absolute Gasteiger partial charge is 0.457 e. The van der Waals surface area contributed by atoms with Crippen LogP contribution in [-0.2, 0) is 9.59 Å². The molecule has 322 valence electrons. The van der Waals surface area contributed by atoms with Gasteiger partial charge in [-0.1, -0.05) is 18.2 Å². The summed E-state index contributed by atoms with van der Waals surface area (Å²) >= 11 is 0. The molecule has 2 amide bonds. The highest BCUT2D eigenvalue weighted by Crippen LogP contribution is 2.28. The molecule has 1 aromatic heterocycles. The lowest BCUT2D eigenvalue weighted by Gasteiger charge is -2.41. The van der Waals surface area contributed by atoms with Crippen LogP contribution in [0.5, 0.6) is 11.5 Å². The predicted molar refractivity (Wildman–Crippen MR) is 238 cm³/mol. The number of likely N-dealkylation sites (N-methyl/N-ethyl adjacent to an activating group) is 1. The van der Waals surface area contributed by atoms with Crippen LogP contribution in [0.2, 0.25) is 0 Å². The van der Waals surface area contributed by atoms with E-state index in [1.165, 1.54) is 45.0 Å². The number of benzene rings is 3. The van der Waals surface area contributed by atoms with Crippen molar-refractivity contribution in [1.29, 1.82) is 5.41 Å². The number of anilines is 3. The van der Waals surface area contributed by atoms with Crippen LogP contribution in [0.15, 0.2) is 79.1 Å². The Hall–Kier alpha value is -6.19. The average molecular weight is 831 g/mol. The molecule has 61 heavy (non-hydrogen) atoms. The van der Waals surface area contributed by atoms with E-state index in [0.29, 0.717) is 52.8 Å². The van der Waals surface area contributed by atoms with Crippen molar-refractivity contribution < 1.29 is 23.9 Å². The standard InChI is InChI=1S/C27H33N7O.C19H25N3O4/c1-33-15-19(16-33)17-34-13-11-21(12-14-34)32-27-24(26(29)30-18-31-27)25(28)20-7-9-23(10-8-20)35-22-5-3-2-4-6-22;1-20-18(25)8-7-16(13-24)21(2)19(26)17-11-15(6-5-14(17)12-23)22-9-3-4-10-22/h2-10,18-19,21,28H,11-17H2,1H3,(H3,29,30,31,32);5-6,11-13,16H,3-4,7-10H2,1-2H3,(H,20,25). The van der Waals surface area contributed by atoms with Gasteiger partial charge in [-0.3, -0.25) is 19.8 Å². The van der Waals surface area contributed by atoms with Crippen molar-refractivity contribution >= 4 is 47.4 Å². The van der Waals surface area contributed by atoms with Crippen LogP contribution in [0, 0.1) is 11.3 Å². The van der Waals surface area contributed by atoms with Crippen LogP contribution in [-0.4, -0.2) is 134 Å². The molecule has 7 rings (SSSR count). The highest BCUT2D eigenvalue weighted by Gasteiger charge is 2.29. The van der Waals surface area contributed by atoms with E-state index in [4.69, 9.17) is 15.9 Å². The number of nitrogens with one attached hydrogen (secondary N) is 3. The van der Waals surface area contributed by atoms with Gasteiger partial charge in [0.05, 0.1) is 22.9 Å². The van der Waals surface area contributed by atoms with E-state index in [1.807, 2.05) is 60.7 Å². The first-order chi connectivity index (χ1) is 29.6. The normalized spacial score (nSPS) is 16.3. The lowest BCUT2D eigenvalue weighted by Crippen LogP contribution is -2.51. The molecule has 1 atom stereocenters. The Morgan fingerprint density at radius 1 is 0.967 bits per heavy atom. The van der Waals surface area contributed by atoms with E-state index in [9.17, 15) is 19.2 Å². The van der Waals surface area contributed by atoms with Crippen molar-refractivity contribution in [3.63, 3.8) is 0 Å². The van der Waals surface area contributed by atoms with E-state index >= 15 is 0 Å². The molecule has 4 aromatic rings. The minimum atomic E-state index is -0.727. The maximum Gasteiger partial charge on any atom is 0.255 e. The highest BCUT2D eigenvalue weighted by molar-refractivity contribution is 6.16. The molecule has 3 aliphatic heterocycles. The summed E-state index contributed by atoms with van der Waals surface area (Å²) < 4.78 is 5.88. The Kier molecular flexibility index (Phi) is 15.5. The molecule has 0 spiro atoms. The summed E-state index contributed by atoms with van der Waals surface area (Å²) in [7, 11) is 5.22. The van der Waals surface area contributed by atoms with E-state index in [1.54, 1.807) is 12.1 Å². The third-order valence-electron chi connectivity index (χ3n) is 11.6. The lowest BCUT2D eigenvalue weighted by molar-refractivity contribution is -0.121. The fourth-order valence-electron chi connectivity index (χ4n) is 8.08. The Labute approximate surface area is 358 Å². The first-order valence-electron chi connectivity index (χ1n) is 21.0. The first kappa shape index (κ1) is 44.4. The summed E-state index contributed by atoms with van der Waals surface area (Å²) in [6, 6.07) is 21.9. The minimum Gasteiger partial charge on any atom is -0.457 e. The molecule has 0 aliphatic carbocycles. The van der Waals surface area contributed by atoms with Gasteiger partial charge in [0.1, 0.15) is 35.7 Å². The van der Waals surface area contributed by atoms with Gasteiger partial charge in [-0.25, -0.2) is 9.97 Å². The van der Waals surface area contributed by atoms with Crippen LogP contribution in [0.1, 0.15) is 70.4 Å². The molecule has 3 fully saturated rings. The summed E-state index contributed by atoms with van der Waals surface area (Å²) in [6.45, 7) is 7.62. The zero-order chi connectivity index (χ0) is 43.3. The van der Waals surface area contributed by atoms with Gasteiger partial charge in [0, 0.05) is 89.2 Å². The molecule has 5 N–H and O–H groups in total. The van der Waals surface area contributed by atoms with Crippen LogP contribution in [0.3, 0.4) is 0 Å². The average Bonchev–Trinajstić information content (AvgIpc) is 3.82. The smallest absolute Gasteiger partial charge is 0.255 e. The highest BCUT2D eigenvalue weighted by atomic mass is 16.5. The maximum atomic E-state index is 12.9. The third-order valence-corrected chi connectivity index (χ3v) is 11.6. The molecule has 0 saturated carbocycles. The summed E-state index contributed by atoms with van der Waals surface area (Å²) in [5.74, 6) is 2.64. The summed E-state index contributed by atoms with van der Waals surface area (Å²) in [6.07, 6.45) is 7.44. The van der Waals surface area contributed by atoms with Crippen molar-refractivity contribution in [2.75, 3.05) is 82.9 Å². The van der Waals surface area contributed by atoms with Gasteiger partial charge < -0.3 is 45.5 Å². The number of nitrogens with zero attached hydrogens (tertiary/aromatic N) is 6. The number of carbonyl (C=O) groups is 4. The van der Waals surface area contributed by atoms with Gasteiger partial charge in [0.2, 0.25) is 5.91 Å². The van der Waals surface area contributed by atoms with Crippen molar-refractivity contribution in [2.24, 2.45) is 5.92 Å². The number of amides is 2. The number of piperidine rings is 1. The van der Waals surface area contributed by atoms with Crippen LogP contribution in [0.4, 0.5) is 17.3 Å². The van der Waals surface area contributed by atoms with Crippen molar-refractivity contribution in [1.82, 2.24) is 30.0 Å². The van der Waals surface area contributed by atoms with Gasteiger partial charge in [-0.2, -0.15) is 0 Å². The van der Waals surface area contributed by atoms with E-state index in [2.05, 4.69) is 42.3 Å². The second kappa shape index (κ2) is 21.4. The Bertz CT molecular complexity index is 2120. The van der Waals surface area contributed by atoms with Gasteiger partial charge >= 0.3 is 0 Å². The van der Waals surface area contributed by atoms with Gasteiger partial charge in [0.25, 0.3) is 5.91 Å². The second-order valence-corrected chi connectivity index (χ2v) is 16.0. The number of aromatic nitrogens is 2. The Morgan fingerprint density at radius 2 is 1.66 bits per heavy atom. The fraction of sp³-hybridized carbons (Fsp3) is 0.413. The van der Waals surface area contributed by atoms with E-state index in [-0.39, 0.29) is 24.3 Å². The number of rotatable bonds is 16. The molecule has 4 heterocycles. The topological polar surface area (TPSA) is 190 Å². The zero-order valence-corrected chi connectivity index (χ0v) is 35.4. The van der Waals surface area contributed by atoms with E-state index in [0.717, 1.165) is 74.8 Å². The van der Waals surface area contributed by atoms with Gasteiger partial charge in [-0.05, 0) is 99.7 Å². The number of nitrogens with two attached hydrogens (primary N) is 1. The number of para-hydroxylation sites is 1. The molecular weight excluding hydrogens is 773 g/mol. The van der Waals surface area contributed by atoms with Gasteiger partial charge in [0.15, 0.2) is 6.29 Å². The maximum absolute atomic E-state index is 12.9. The molecule has 3 aliphatic rings. The monoisotopic (exact) mass is 830 g/mol. The number of hydrogen-bond donors (Lipinski definition) is 4. The molecule has 15 heteroatoms. The molecular formula is C46H58N10O5. The Morgan fingerprint density at radius 3 is 2.30 bits per heavy atom. The zero-order valence-electron chi connectivity index (χ0n) is 35.4. The van der Waals surface area contributed by atoms with Crippen molar-refractivity contribution in [3.05, 3.63) is 101 Å². The van der Waals surface area contributed by atoms with Crippen molar-refractivity contribution in [3.8, 4) is 11.5 Å². The molecule has 3 saturated heterocycles. The number of ether oxygens (including phenoxy) is 1. The number of aldehydes is 2. The fourth-order valence-corrected chi connectivity index (χ4v) is 8.08. The number of carbonyl (C=O) groups excluding carboxylic acids is 4. The quantitative estimate of drug-likeness (QED) is 0.0878. The molecule has 3 aromatic carbocycles. The van der Waals surface area contributed by atoms with E-state index < -0.39 is 11.9 Å².